The number of aryl methyl sites for hydroxylation is 1. The van der Waals surface area contributed by atoms with Crippen LogP contribution >= 0.6 is 0 Å². The first kappa shape index (κ1) is 16.9. The van der Waals surface area contributed by atoms with Crippen molar-refractivity contribution in [1.29, 1.82) is 0 Å². The van der Waals surface area contributed by atoms with Crippen molar-refractivity contribution in [3.63, 3.8) is 0 Å². The Morgan fingerprint density at radius 1 is 1.00 bits per heavy atom. The molecule has 1 aliphatic heterocycles. The van der Waals surface area contributed by atoms with Gasteiger partial charge in [-0.15, -0.1) is 0 Å². The minimum Gasteiger partial charge on any atom is -0.502 e. The molecule has 1 aromatic heterocycles. The van der Waals surface area contributed by atoms with Crippen molar-refractivity contribution >= 4 is 28.3 Å². The summed E-state index contributed by atoms with van der Waals surface area (Å²) in [7, 11) is 3.43. The van der Waals surface area contributed by atoms with E-state index in [1.165, 1.54) is 0 Å². The first-order valence-corrected chi connectivity index (χ1v) is 8.48. The maximum atomic E-state index is 13.0. The maximum Gasteiger partial charge on any atom is 0.296 e. The number of aliphatic hydroxyl groups is 1. The normalized spacial score (nSPS) is 14.5. The van der Waals surface area contributed by atoms with E-state index in [1.54, 1.807) is 37.6 Å². The highest BCUT2D eigenvalue weighted by Crippen LogP contribution is 2.34. The number of ether oxygens (including phenoxy) is 1. The van der Waals surface area contributed by atoms with Gasteiger partial charge in [0.15, 0.2) is 5.76 Å². The van der Waals surface area contributed by atoms with Gasteiger partial charge in [0.05, 0.1) is 19.2 Å². The summed E-state index contributed by atoms with van der Waals surface area (Å²) < 4.78 is 6.99. The molecule has 6 nitrogen and oxygen atoms in total. The molecule has 0 saturated heterocycles. The molecule has 136 valence electrons. The fraction of sp³-hybridized carbons (Fsp3) is 0.143. The summed E-state index contributed by atoms with van der Waals surface area (Å²) in [6, 6.07) is 14.6. The number of fused-ring (bicyclic) bond motifs is 1. The number of carbonyl (C=O) groups excluding carboxylic acids is 2. The van der Waals surface area contributed by atoms with Gasteiger partial charge in [-0.05, 0) is 23.8 Å². The van der Waals surface area contributed by atoms with Crippen LogP contribution in [0.25, 0.3) is 16.5 Å². The number of aliphatic hydroxyl groups excluding tert-OH is 1. The second kappa shape index (κ2) is 6.32. The predicted molar refractivity (Wildman–Crippen MR) is 101 cm³/mol. The number of benzene rings is 2. The first-order chi connectivity index (χ1) is 13.0. The van der Waals surface area contributed by atoms with E-state index in [4.69, 9.17) is 4.74 Å². The number of para-hydroxylation sites is 1. The molecule has 27 heavy (non-hydrogen) atoms. The molecule has 2 amide bonds. The third kappa shape index (κ3) is 2.66. The molecule has 0 fully saturated rings. The number of amides is 2. The van der Waals surface area contributed by atoms with Crippen molar-refractivity contribution in [2.75, 3.05) is 7.11 Å². The molecular formula is C21H18N2O4. The van der Waals surface area contributed by atoms with E-state index in [-0.39, 0.29) is 12.1 Å². The van der Waals surface area contributed by atoms with Gasteiger partial charge in [0.1, 0.15) is 5.75 Å². The number of hydrogen-bond acceptors (Lipinski definition) is 4. The lowest BCUT2D eigenvalue weighted by molar-refractivity contribution is -0.138. The van der Waals surface area contributed by atoms with Crippen LogP contribution in [0, 0.1) is 0 Å². The Morgan fingerprint density at radius 2 is 1.70 bits per heavy atom. The van der Waals surface area contributed by atoms with Crippen molar-refractivity contribution in [2.24, 2.45) is 7.05 Å². The lowest BCUT2D eigenvalue weighted by Gasteiger charge is -2.14. The number of hydrogen-bond donors (Lipinski definition) is 1. The minimum atomic E-state index is -0.682. The van der Waals surface area contributed by atoms with Crippen LogP contribution in [-0.4, -0.2) is 33.5 Å². The molecule has 0 bridgehead atoms. The van der Waals surface area contributed by atoms with Crippen LogP contribution in [0.1, 0.15) is 11.1 Å². The number of carbonyl (C=O) groups is 2. The lowest BCUT2D eigenvalue weighted by atomic mass is 10.0. The van der Waals surface area contributed by atoms with E-state index in [0.29, 0.717) is 11.3 Å². The van der Waals surface area contributed by atoms with Crippen molar-refractivity contribution in [3.05, 3.63) is 71.6 Å². The monoisotopic (exact) mass is 362 g/mol. The van der Waals surface area contributed by atoms with Gasteiger partial charge in [-0.3, -0.25) is 14.5 Å². The van der Waals surface area contributed by atoms with E-state index in [9.17, 15) is 14.7 Å². The van der Waals surface area contributed by atoms with Crippen LogP contribution in [-0.2, 0) is 23.2 Å². The summed E-state index contributed by atoms with van der Waals surface area (Å²) in [6.45, 7) is 0.0833. The van der Waals surface area contributed by atoms with Gasteiger partial charge in [-0.2, -0.15) is 0 Å². The van der Waals surface area contributed by atoms with Crippen molar-refractivity contribution in [3.8, 4) is 5.75 Å². The Kier molecular flexibility index (Phi) is 3.96. The molecule has 2 aromatic carbocycles. The average molecular weight is 362 g/mol. The Morgan fingerprint density at radius 3 is 2.41 bits per heavy atom. The van der Waals surface area contributed by atoms with E-state index < -0.39 is 17.6 Å². The van der Waals surface area contributed by atoms with Gasteiger partial charge in [-0.25, -0.2) is 0 Å². The molecule has 0 saturated carbocycles. The van der Waals surface area contributed by atoms with Crippen LogP contribution in [0.4, 0.5) is 0 Å². The van der Waals surface area contributed by atoms with Gasteiger partial charge in [0.25, 0.3) is 11.8 Å². The highest BCUT2D eigenvalue weighted by molar-refractivity contribution is 6.36. The Bertz CT molecular complexity index is 1090. The van der Waals surface area contributed by atoms with Crippen LogP contribution < -0.4 is 4.74 Å². The molecule has 2 heterocycles. The molecule has 1 aliphatic rings. The number of imide groups is 1. The molecule has 0 radical (unpaired) electrons. The fourth-order valence-electron chi connectivity index (χ4n) is 3.40. The number of rotatable bonds is 4. The summed E-state index contributed by atoms with van der Waals surface area (Å²) in [5, 5.41) is 11.2. The molecule has 0 spiro atoms. The second-order valence-electron chi connectivity index (χ2n) is 6.44. The summed E-state index contributed by atoms with van der Waals surface area (Å²) in [4.78, 5) is 26.6. The Balaban J connectivity index is 1.70. The highest BCUT2D eigenvalue weighted by atomic mass is 16.5. The molecule has 0 aliphatic carbocycles. The zero-order valence-electron chi connectivity index (χ0n) is 15.0. The van der Waals surface area contributed by atoms with Crippen LogP contribution in [0.15, 0.2) is 60.5 Å². The van der Waals surface area contributed by atoms with Crippen molar-refractivity contribution < 1.29 is 19.4 Å². The second-order valence-corrected chi connectivity index (χ2v) is 6.44. The van der Waals surface area contributed by atoms with E-state index in [2.05, 4.69) is 0 Å². The summed E-state index contributed by atoms with van der Waals surface area (Å²) in [6.07, 6.45) is 1.76. The van der Waals surface area contributed by atoms with Crippen LogP contribution in [0.5, 0.6) is 5.75 Å². The molecule has 6 heteroatoms. The maximum absolute atomic E-state index is 13.0. The fourth-order valence-corrected chi connectivity index (χ4v) is 3.40. The standard InChI is InChI=1S/C21H18N2O4/c1-22-12-16(15-5-3-4-6-17(15)22)18-19(24)21(26)23(20(18)25)11-13-7-9-14(27-2)10-8-13/h3-10,12,24H,11H2,1-2H3. The van der Waals surface area contributed by atoms with E-state index in [1.807, 2.05) is 35.9 Å². The zero-order valence-corrected chi connectivity index (χ0v) is 15.0. The van der Waals surface area contributed by atoms with Gasteiger partial charge in [-0.1, -0.05) is 30.3 Å². The van der Waals surface area contributed by atoms with E-state index >= 15 is 0 Å². The summed E-state index contributed by atoms with van der Waals surface area (Å²) in [5.74, 6) is -0.997. The van der Waals surface area contributed by atoms with Crippen molar-refractivity contribution in [2.45, 2.75) is 6.54 Å². The topological polar surface area (TPSA) is 71.8 Å². The summed E-state index contributed by atoms with van der Waals surface area (Å²) in [5.41, 5.74) is 2.29. The molecule has 4 rings (SSSR count). The number of methoxy groups -OCH3 is 1. The molecule has 3 aromatic rings. The smallest absolute Gasteiger partial charge is 0.296 e. The third-order valence-electron chi connectivity index (χ3n) is 4.81. The van der Waals surface area contributed by atoms with E-state index in [0.717, 1.165) is 21.4 Å². The van der Waals surface area contributed by atoms with Crippen LogP contribution in [0.2, 0.25) is 0 Å². The highest BCUT2D eigenvalue weighted by Gasteiger charge is 2.40. The largest absolute Gasteiger partial charge is 0.502 e. The molecule has 1 N–H and O–H groups in total. The molecular weight excluding hydrogens is 344 g/mol. The van der Waals surface area contributed by atoms with Crippen LogP contribution in [0.3, 0.4) is 0 Å². The third-order valence-corrected chi connectivity index (χ3v) is 4.81. The quantitative estimate of drug-likeness (QED) is 0.724. The Labute approximate surface area is 155 Å². The molecule has 0 unspecified atom stereocenters. The summed E-state index contributed by atoms with van der Waals surface area (Å²) >= 11 is 0. The van der Waals surface area contributed by atoms with Gasteiger partial charge in [0.2, 0.25) is 0 Å². The first-order valence-electron chi connectivity index (χ1n) is 8.48. The molecule has 0 atom stereocenters. The average Bonchev–Trinajstić information content (AvgIpc) is 3.12. The number of nitrogens with zero attached hydrogens (tertiary/aromatic N) is 2. The van der Waals surface area contributed by atoms with Gasteiger partial charge < -0.3 is 14.4 Å². The predicted octanol–water partition coefficient (Wildman–Crippen LogP) is 3.03. The number of aromatic nitrogens is 1. The zero-order chi connectivity index (χ0) is 19.1. The Hall–Kier alpha value is -3.54. The van der Waals surface area contributed by atoms with Crippen molar-refractivity contribution in [1.82, 2.24) is 9.47 Å². The lowest BCUT2D eigenvalue weighted by Crippen LogP contribution is -2.31. The SMILES string of the molecule is COc1ccc(CN2C(=O)C(O)=C(c3cn(C)c4ccccc34)C2=O)cc1. The van der Waals surface area contributed by atoms with Gasteiger partial charge >= 0.3 is 0 Å². The van der Waals surface area contributed by atoms with Gasteiger partial charge in [0, 0.05) is 29.7 Å². The minimum absolute atomic E-state index is 0.0466.